The van der Waals surface area contributed by atoms with E-state index < -0.39 is 16.3 Å². The molecule has 2 N–H and O–H groups in total. The summed E-state index contributed by atoms with van der Waals surface area (Å²) in [7, 11) is 0. The molecule has 2 heterocycles. The van der Waals surface area contributed by atoms with Gasteiger partial charge in [0, 0.05) is 41.3 Å². The maximum absolute atomic E-state index is 11.3. The van der Waals surface area contributed by atoms with Gasteiger partial charge in [0.2, 0.25) is 0 Å². The summed E-state index contributed by atoms with van der Waals surface area (Å²) in [4.78, 5) is 25.0. The van der Waals surface area contributed by atoms with Gasteiger partial charge >= 0.3 is 5.97 Å². The van der Waals surface area contributed by atoms with Gasteiger partial charge in [0.1, 0.15) is 10.6 Å². The number of hydrogen-bond donors (Lipinski definition) is 2. The zero-order chi connectivity index (χ0) is 22.6. The van der Waals surface area contributed by atoms with Gasteiger partial charge in [-0.25, -0.2) is 15.0 Å². The monoisotopic (exact) mass is 476 g/mol. The van der Waals surface area contributed by atoms with Crippen LogP contribution >= 0.6 is 34.7 Å². The van der Waals surface area contributed by atoms with Gasteiger partial charge in [-0.05, 0) is 45.4 Å². The molecule has 0 bridgehead atoms. The van der Waals surface area contributed by atoms with Crippen LogP contribution in [0.3, 0.4) is 0 Å². The Morgan fingerprint density at radius 2 is 1.77 bits per heavy atom. The predicted molar refractivity (Wildman–Crippen MR) is 127 cm³/mol. The van der Waals surface area contributed by atoms with E-state index in [0.717, 1.165) is 27.6 Å². The van der Waals surface area contributed by atoms with Crippen molar-refractivity contribution in [2.24, 2.45) is 0 Å². The van der Waals surface area contributed by atoms with Crippen molar-refractivity contribution in [1.29, 1.82) is 0 Å². The van der Waals surface area contributed by atoms with E-state index in [0.29, 0.717) is 17.4 Å². The molecule has 9 heteroatoms. The Morgan fingerprint density at radius 1 is 1.13 bits per heavy atom. The first kappa shape index (κ1) is 23.7. The fourth-order valence-electron chi connectivity index (χ4n) is 2.74. The number of benzene rings is 1. The minimum atomic E-state index is -0.898. The van der Waals surface area contributed by atoms with Crippen LogP contribution in [0.5, 0.6) is 0 Å². The standard InChI is InChI=1S/C22H25ClN4O2S2/c1-21(2,18-24-11-15(12-25-18)14-5-7-16(23)8-6-14)26-10-9-17-13-30-20(27-17)31-22(3,4)19(28)29/h5-8,11-13,26H,9-10H2,1-4H3,(H,28,29). The van der Waals surface area contributed by atoms with Gasteiger partial charge in [0.25, 0.3) is 0 Å². The summed E-state index contributed by atoms with van der Waals surface area (Å²) in [5.41, 5.74) is 2.49. The topological polar surface area (TPSA) is 88.0 Å². The number of nitrogens with zero attached hydrogens (tertiary/aromatic N) is 3. The normalized spacial score (nSPS) is 12.2. The van der Waals surface area contributed by atoms with E-state index in [9.17, 15) is 9.90 Å². The van der Waals surface area contributed by atoms with Crippen LogP contribution in [-0.4, -0.2) is 37.3 Å². The van der Waals surface area contributed by atoms with Crippen molar-refractivity contribution in [2.75, 3.05) is 6.54 Å². The van der Waals surface area contributed by atoms with E-state index in [1.54, 1.807) is 13.8 Å². The van der Waals surface area contributed by atoms with E-state index >= 15 is 0 Å². The van der Waals surface area contributed by atoms with Gasteiger partial charge in [0.15, 0.2) is 4.34 Å². The predicted octanol–water partition coefficient (Wildman–Crippen LogP) is 5.28. The summed E-state index contributed by atoms with van der Waals surface area (Å²) in [5.74, 6) is -0.136. The molecule has 0 aliphatic carbocycles. The van der Waals surface area contributed by atoms with E-state index in [-0.39, 0.29) is 0 Å². The maximum atomic E-state index is 11.3. The molecule has 0 unspecified atom stereocenters. The molecule has 31 heavy (non-hydrogen) atoms. The maximum Gasteiger partial charge on any atom is 0.319 e. The van der Waals surface area contributed by atoms with Crippen molar-refractivity contribution in [3.63, 3.8) is 0 Å². The number of hydrogen-bond acceptors (Lipinski definition) is 7. The zero-order valence-corrected chi connectivity index (χ0v) is 20.2. The molecule has 1 aromatic carbocycles. The van der Waals surface area contributed by atoms with Crippen molar-refractivity contribution in [1.82, 2.24) is 20.3 Å². The Bertz CT molecular complexity index is 1030. The Kier molecular flexibility index (Phi) is 7.36. The summed E-state index contributed by atoms with van der Waals surface area (Å²) in [5, 5.41) is 15.4. The lowest BCUT2D eigenvalue weighted by Crippen LogP contribution is -2.39. The summed E-state index contributed by atoms with van der Waals surface area (Å²) >= 11 is 8.70. The van der Waals surface area contributed by atoms with Crippen molar-refractivity contribution in [3.8, 4) is 11.1 Å². The van der Waals surface area contributed by atoms with E-state index in [1.807, 2.05) is 55.9 Å². The van der Waals surface area contributed by atoms with Crippen molar-refractivity contribution < 1.29 is 9.90 Å². The molecule has 0 saturated heterocycles. The SMILES string of the molecule is CC(C)(Sc1nc(CCNC(C)(C)c2ncc(-c3ccc(Cl)cc3)cn2)cs1)C(=O)O. The van der Waals surface area contributed by atoms with Gasteiger partial charge in [0.05, 0.1) is 11.2 Å². The Morgan fingerprint density at radius 3 is 2.39 bits per heavy atom. The third kappa shape index (κ3) is 6.26. The summed E-state index contributed by atoms with van der Waals surface area (Å²) in [6, 6.07) is 7.59. The number of carbonyl (C=O) groups is 1. The number of carboxylic acids is 1. The molecule has 2 aromatic heterocycles. The van der Waals surface area contributed by atoms with Crippen LogP contribution in [0.15, 0.2) is 46.4 Å². The van der Waals surface area contributed by atoms with Crippen LogP contribution in [0.25, 0.3) is 11.1 Å². The third-order valence-electron chi connectivity index (χ3n) is 4.72. The van der Waals surface area contributed by atoms with Crippen molar-refractivity contribution >= 4 is 40.7 Å². The largest absolute Gasteiger partial charge is 0.480 e. The molecule has 0 atom stereocenters. The van der Waals surface area contributed by atoms with E-state index in [4.69, 9.17) is 11.6 Å². The highest BCUT2D eigenvalue weighted by atomic mass is 35.5. The molecular formula is C22H25ClN4O2S2. The van der Waals surface area contributed by atoms with Crippen LogP contribution in [-0.2, 0) is 16.8 Å². The second-order valence-corrected chi connectivity index (χ2v) is 11.3. The summed E-state index contributed by atoms with van der Waals surface area (Å²) in [6.45, 7) is 8.15. The van der Waals surface area contributed by atoms with Crippen molar-refractivity contribution in [2.45, 2.75) is 48.7 Å². The second-order valence-electron chi connectivity index (χ2n) is 8.13. The molecule has 0 spiro atoms. The number of thiazole rings is 1. The molecule has 0 radical (unpaired) electrons. The molecule has 0 aliphatic heterocycles. The smallest absolute Gasteiger partial charge is 0.319 e. The first-order valence-electron chi connectivity index (χ1n) is 9.77. The second kappa shape index (κ2) is 9.65. The number of carboxylic acid groups (broad SMARTS) is 1. The fraction of sp³-hybridized carbons (Fsp3) is 0.364. The summed E-state index contributed by atoms with van der Waals surface area (Å²) < 4.78 is -0.131. The molecule has 0 aliphatic rings. The number of aromatic nitrogens is 3. The molecule has 3 aromatic rings. The number of aliphatic carboxylic acids is 1. The number of rotatable bonds is 9. The van der Waals surface area contributed by atoms with Gasteiger partial charge < -0.3 is 10.4 Å². The van der Waals surface area contributed by atoms with Crippen LogP contribution in [0, 0.1) is 0 Å². The van der Waals surface area contributed by atoms with Gasteiger partial charge in [-0.2, -0.15) is 0 Å². The quantitative estimate of drug-likeness (QED) is 0.406. The van der Waals surface area contributed by atoms with Crippen LogP contribution < -0.4 is 5.32 Å². The van der Waals surface area contributed by atoms with E-state index in [2.05, 4.69) is 20.3 Å². The lowest BCUT2D eigenvalue weighted by atomic mass is 10.0. The molecule has 0 fully saturated rings. The van der Waals surface area contributed by atoms with E-state index in [1.165, 1.54) is 23.1 Å². The van der Waals surface area contributed by atoms with Gasteiger partial charge in [-0.1, -0.05) is 35.5 Å². The van der Waals surface area contributed by atoms with Crippen LogP contribution in [0.4, 0.5) is 0 Å². The van der Waals surface area contributed by atoms with Gasteiger partial charge in [-0.15, -0.1) is 11.3 Å². The fourth-order valence-corrected chi connectivity index (χ4v) is 5.09. The number of thioether (sulfide) groups is 1. The summed E-state index contributed by atoms with van der Waals surface area (Å²) in [6.07, 6.45) is 4.38. The highest BCUT2D eigenvalue weighted by molar-refractivity contribution is 8.02. The first-order chi connectivity index (χ1) is 14.6. The zero-order valence-electron chi connectivity index (χ0n) is 17.8. The molecular weight excluding hydrogens is 452 g/mol. The Hall–Kier alpha value is -2.00. The lowest BCUT2D eigenvalue weighted by Gasteiger charge is -2.24. The molecule has 3 rings (SSSR count). The van der Waals surface area contributed by atoms with Crippen molar-refractivity contribution in [3.05, 3.63) is 58.6 Å². The lowest BCUT2D eigenvalue weighted by molar-refractivity contribution is -0.138. The molecule has 0 amide bonds. The van der Waals surface area contributed by atoms with Gasteiger partial charge in [-0.3, -0.25) is 4.79 Å². The Labute approximate surface area is 195 Å². The molecule has 6 nitrogen and oxygen atoms in total. The highest BCUT2D eigenvalue weighted by Crippen LogP contribution is 2.34. The average Bonchev–Trinajstić information content (AvgIpc) is 3.15. The minimum absolute atomic E-state index is 0.405. The number of halogens is 1. The minimum Gasteiger partial charge on any atom is -0.480 e. The van der Waals surface area contributed by atoms with Crippen LogP contribution in [0.1, 0.15) is 39.2 Å². The highest BCUT2D eigenvalue weighted by Gasteiger charge is 2.30. The molecule has 164 valence electrons. The molecule has 0 saturated carbocycles. The first-order valence-corrected chi connectivity index (χ1v) is 11.8. The average molecular weight is 477 g/mol. The van der Waals surface area contributed by atoms with Crippen LogP contribution in [0.2, 0.25) is 5.02 Å². The number of nitrogens with one attached hydrogen (secondary N) is 1. The Balaban J connectivity index is 1.56. The third-order valence-corrected chi connectivity index (χ3v) is 7.15.